The fourth-order valence-corrected chi connectivity index (χ4v) is 3.10. The fraction of sp³-hybridized carbons (Fsp3) is 0.533. The van der Waals surface area contributed by atoms with Crippen molar-refractivity contribution in [2.45, 2.75) is 45.3 Å². The highest BCUT2D eigenvalue weighted by molar-refractivity contribution is 6.02. The second-order valence-corrected chi connectivity index (χ2v) is 5.60. The Bertz CT molecular complexity index is 667. The monoisotopic (exact) mass is 288 g/mol. The van der Waals surface area contributed by atoms with Crippen molar-refractivity contribution in [1.29, 1.82) is 0 Å². The maximum absolute atomic E-state index is 12.9. The molecule has 6 nitrogen and oxygen atoms in total. The van der Waals surface area contributed by atoms with Gasteiger partial charge < -0.3 is 10.0 Å². The lowest BCUT2D eigenvalue weighted by Crippen LogP contribution is -2.47. The van der Waals surface area contributed by atoms with Crippen molar-refractivity contribution >= 4 is 11.4 Å². The van der Waals surface area contributed by atoms with E-state index in [0.29, 0.717) is 30.6 Å². The van der Waals surface area contributed by atoms with E-state index in [-0.39, 0.29) is 18.1 Å². The number of fused-ring (bicyclic) bond motifs is 1. The van der Waals surface area contributed by atoms with E-state index in [9.17, 15) is 9.90 Å². The average molecular weight is 288 g/mol. The van der Waals surface area contributed by atoms with E-state index >= 15 is 0 Å². The number of nitrogens with zero attached hydrogens (tertiary/aromatic N) is 4. The predicted molar refractivity (Wildman–Crippen MR) is 78.1 cm³/mol. The van der Waals surface area contributed by atoms with Crippen LogP contribution in [0.4, 0.5) is 0 Å². The molecule has 1 aliphatic rings. The summed E-state index contributed by atoms with van der Waals surface area (Å²) in [6, 6.07) is 3.76. The number of likely N-dealkylation sites (tertiary alicyclic amines) is 1. The van der Waals surface area contributed by atoms with E-state index < -0.39 is 0 Å². The van der Waals surface area contributed by atoms with Gasteiger partial charge in [0.15, 0.2) is 0 Å². The summed E-state index contributed by atoms with van der Waals surface area (Å²) in [4.78, 5) is 14.8. The normalized spacial score (nSPS) is 22.7. The molecule has 0 unspecified atom stereocenters. The van der Waals surface area contributed by atoms with Gasteiger partial charge in [-0.15, -0.1) is 0 Å². The lowest BCUT2D eigenvalue weighted by atomic mass is 9.96. The molecule has 0 aromatic carbocycles. The smallest absolute Gasteiger partial charge is 0.258 e. The van der Waals surface area contributed by atoms with Gasteiger partial charge in [0.2, 0.25) is 0 Å². The van der Waals surface area contributed by atoms with Crippen molar-refractivity contribution in [2.24, 2.45) is 0 Å². The SMILES string of the molecule is CC[C@H]1C[C@@H](O)CCN1C(=O)c1c(C)nn2ncccc12. The van der Waals surface area contributed by atoms with Gasteiger partial charge in [0.05, 0.1) is 17.4 Å². The number of aryl methyl sites for hydroxylation is 1. The summed E-state index contributed by atoms with van der Waals surface area (Å²) in [6.07, 6.45) is 3.49. The molecule has 3 rings (SSSR count). The van der Waals surface area contributed by atoms with Gasteiger partial charge in [-0.1, -0.05) is 6.92 Å². The zero-order valence-corrected chi connectivity index (χ0v) is 12.4. The largest absolute Gasteiger partial charge is 0.393 e. The van der Waals surface area contributed by atoms with Crippen LogP contribution in [0.1, 0.15) is 42.2 Å². The average Bonchev–Trinajstić information content (AvgIpc) is 2.82. The lowest BCUT2D eigenvalue weighted by Gasteiger charge is -2.37. The topological polar surface area (TPSA) is 70.7 Å². The second kappa shape index (κ2) is 5.44. The molecule has 6 heteroatoms. The van der Waals surface area contributed by atoms with Gasteiger partial charge in [0.25, 0.3) is 5.91 Å². The summed E-state index contributed by atoms with van der Waals surface area (Å²) in [7, 11) is 0. The van der Waals surface area contributed by atoms with Crippen molar-refractivity contribution < 1.29 is 9.90 Å². The van der Waals surface area contributed by atoms with Gasteiger partial charge in [0.1, 0.15) is 5.52 Å². The standard InChI is InChI=1S/C15H20N4O2/c1-3-11-9-12(20)6-8-18(11)15(21)14-10(2)17-19-13(14)5-4-7-16-19/h4-5,7,11-12,20H,3,6,8-9H2,1-2H3/t11-,12-/m0/s1. The molecule has 2 aromatic rings. The molecule has 3 heterocycles. The summed E-state index contributed by atoms with van der Waals surface area (Å²) in [5.41, 5.74) is 2.05. The highest BCUT2D eigenvalue weighted by Gasteiger charge is 2.32. The third-order valence-electron chi connectivity index (χ3n) is 4.23. The van der Waals surface area contributed by atoms with Crippen LogP contribution in [0.25, 0.3) is 5.52 Å². The highest BCUT2D eigenvalue weighted by Crippen LogP contribution is 2.25. The first-order valence-electron chi connectivity index (χ1n) is 7.41. The first-order chi connectivity index (χ1) is 10.1. The van der Waals surface area contributed by atoms with Gasteiger partial charge in [-0.25, -0.2) is 0 Å². The molecule has 0 spiro atoms. The molecule has 0 aliphatic carbocycles. The molecule has 0 saturated carbocycles. The Morgan fingerprint density at radius 3 is 3.10 bits per heavy atom. The van der Waals surface area contributed by atoms with Crippen molar-refractivity contribution in [2.75, 3.05) is 6.54 Å². The first kappa shape index (κ1) is 14.0. The Hall–Kier alpha value is -1.95. The molecule has 0 radical (unpaired) electrons. The number of piperidine rings is 1. The van der Waals surface area contributed by atoms with Gasteiger partial charge in [0, 0.05) is 18.8 Å². The summed E-state index contributed by atoms with van der Waals surface area (Å²) >= 11 is 0. The van der Waals surface area contributed by atoms with Crippen LogP contribution in [-0.4, -0.2) is 49.4 Å². The Morgan fingerprint density at radius 2 is 2.33 bits per heavy atom. The molecule has 1 saturated heterocycles. The lowest BCUT2D eigenvalue weighted by molar-refractivity contribution is 0.0315. The number of aromatic nitrogens is 3. The van der Waals surface area contributed by atoms with Gasteiger partial charge in [-0.2, -0.15) is 14.8 Å². The molecule has 0 bridgehead atoms. The minimum Gasteiger partial charge on any atom is -0.393 e. The van der Waals surface area contributed by atoms with Crippen molar-refractivity contribution in [3.8, 4) is 0 Å². The van der Waals surface area contributed by atoms with Crippen LogP contribution in [0.5, 0.6) is 0 Å². The minimum absolute atomic E-state index is 0.00532. The van der Waals surface area contributed by atoms with Crippen LogP contribution >= 0.6 is 0 Å². The van der Waals surface area contributed by atoms with E-state index in [2.05, 4.69) is 10.2 Å². The number of carbonyl (C=O) groups is 1. The first-order valence-corrected chi connectivity index (χ1v) is 7.41. The van der Waals surface area contributed by atoms with E-state index in [1.54, 1.807) is 6.20 Å². The van der Waals surface area contributed by atoms with Crippen LogP contribution < -0.4 is 0 Å². The van der Waals surface area contributed by atoms with E-state index in [0.717, 1.165) is 11.9 Å². The van der Waals surface area contributed by atoms with Crippen molar-refractivity contribution in [3.05, 3.63) is 29.6 Å². The van der Waals surface area contributed by atoms with Crippen LogP contribution in [0, 0.1) is 6.92 Å². The summed E-state index contributed by atoms with van der Waals surface area (Å²) < 4.78 is 1.50. The van der Waals surface area contributed by atoms with Gasteiger partial charge >= 0.3 is 0 Å². The second-order valence-electron chi connectivity index (χ2n) is 5.60. The molecule has 1 N–H and O–H groups in total. The molecular weight excluding hydrogens is 268 g/mol. The van der Waals surface area contributed by atoms with E-state index in [1.807, 2.05) is 30.9 Å². The van der Waals surface area contributed by atoms with Crippen LogP contribution in [0.2, 0.25) is 0 Å². The Kier molecular flexibility index (Phi) is 3.63. The Labute approximate surface area is 123 Å². The predicted octanol–water partition coefficient (Wildman–Crippen LogP) is 1.41. The highest BCUT2D eigenvalue weighted by atomic mass is 16.3. The zero-order valence-electron chi connectivity index (χ0n) is 12.4. The zero-order chi connectivity index (χ0) is 15.0. The fourth-order valence-electron chi connectivity index (χ4n) is 3.10. The maximum atomic E-state index is 12.9. The molecule has 1 amide bonds. The quantitative estimate of drug-likeness (QED) is 0.907. The van der Waals surface area contributed by atoms with Crippen LogP contribution in [0.15, 0.2) is 18.3 Å². The third kappa shape index (κ3) is 2.40. The molecule has 112 valence electrons. The Balaban J connectivity index is 1.98. The maximum Gasteiger partial charge on any atom is 0.258 e. The van der Waals surface area contributed by atoms with Crippen LogP contribution in [0.3, 0.4) is 0 Å². The Morgan fingerprint density at radius 1 is 1.52 bits per heavy atom. The molecule has 1 fully saturated rings. The number of rotatable bonds is 2. The number of aliphatic hydroxyl groups is 1. The number of hydrogen-bond donors (Lipinski definition) is 1. The summed E-state index contributed by atoms with van der Waals surface area (Å²) in [5, 5.41) is 18.2. The molecule has 21 heavy (non-hydrogen) atoms. The summed E-state index contributed by atoms with van der Waals surface area (Å²) in [6.45, 7) is 4.48. The molecular formula is C15H20N4O2. The number of aliphatic hydroxyl groups excluding tert-OH is 1. The van der Waals surface area contributed by atoms with E-state index in [4.69, 9.17) is 0 Å². The van der Waals surface area contributed by atoms with Crippen LogP contribution in [-0.2, 0) is 0 Å². The van der Waals surface area contributed by atoms with Gasteiger partial charge in [-0.3, -0.25) is 4.79 Å². The third-order valence-corrected chi connectivity index (χ3v) is 4.23. The summed E-state index contributed by atoms with van der Waals surface area (Å²) in [5.74, 6) is -0.00532. The number of amides is 1. The molecule has 2 atom stereocenters. The van der Waals surface area contributed by atoms with Crippen molar-refractivity contribution in [3.63, 3.8) is 0 Å². The molecule has 1 aliphatic heterocycles. The number of carbonyl (C=O) groups excluding carboxylic acids is 1. The molecule has 2 aromatic heterocycles. The minimum atomic E-state index is -0.300. The van der Waals surface area contributed by atoms with Gasteiger partial charge in [-0.05, 0) is 38.3 Å². The van der Waals surface area contributed by atoms with Crippen molar-refractivity contribution in [1.82, 2.24) is 19.7 Å². The van der Waals surface area contributed by atoms with E-state index in [1.165, 1.54) is 4.63 Å². The number of hydrogen-bond acceptors (Lipinski definition) is 4.